The standard InChI is InChI=1S/C15H20N2O6S/c1-22-13-5-3-12(4-6-13)15(19)23-11-14(18)16-7-9-17(10-8-16)24(2,20)21/h3-6H,7-11H2,1-2H3. The summed E-state index contributed by atoms with van der Waals surface area (Å²) in [6.45, 7) is 0.690. The molecule has 0 aromatic heterocycles. The fraction of sp³-hybridized carbons (Fsp3) is 0.467. The molecule has 24 heavy (non-hydrogen) atoms. The number of hydrogen-bond donors (Lipinski definition) is 0. The van der Waals surface area contributed by atoms with Crippen LogP contribution in [0.5, 0.6) is 5.75 Å². The maximum absolute atomic E-state index is 12.1. The predicted molar refractivity (Wildman–Crippen MR) is 86.3 cm³/mol. The van der Waals surface area contributed by atoms with E-state index in [9.17, 15) is 18.0 Å². The molecule has 0 N–H and O–H groups in total. The van der Waals surface area contributed by atoms with Crippen LogP contribution in [-0.4, -0.2) is 75.7 Å². The van der Waals surface area contributed by atoms with Crippen molar-refractivity contribution in [1.82, 2.24) is 9.21 Å². The molecule has 9 heteroatoms. The molecule has 0 bridgehead atoms. The summed E-state index contributed by atoms with van der Waals surface area (Å²) in [6.07, 6.45) is 1.14. The van der Waals surface area contributed by atoms with Crippen LogP contribution >= 0.6 is 0 Å². The number of benzene rings is 1. The molecule has 0 aliphatic carbocycles. The van der Waals surface area contributed by atoms with Gasteiger partial charge in [-0.15, -0.1) is 0 Å². The number of carbonyl (C=O) groups excluding carboxylic acids is 2. The second-order valence-electron chi connectivity index (χ2n) is 5.35. The van der Waals surface area contributed by atoms with Gasteiger partial charge in [-0.25, -0.2) is 13.2 Å². The van der Waals surface area contributed by atoms with E-state index in [0.717, 1.165) is 6.26 Å². The van der Waals surface area contributed by atoms with Crippen molar-refractivity contribution in [1.29, 1.82) is 0 Å². The van der Waals surface area contributed by atoms with E-state index in [1.54, 1.807) is 24.3 Å². The number of nitrogens with zero attached hydrogens (tertiary/aromatic N) is 2. The molecule has 1 heterocycles. The SMILES string of the molecule is COc1ccc(C(=O)OCC(=O)N2CCN(S(C)(=O)=O)CC2)cc1. The summed E-state index contributed by atoms with van der Waals surface area (Å²) in [5.74, 6) is -0.322. The fourth-order valence-electron chi connectivity index (χ4n) is 2.30. The van der Waals surface area contributed by atoms with E-state index >= 15 is 0 Å². The van der Waals surface area contributed by atoms with Crippen LogP contribution in [0.1, 0.15) is 10.4 Å². The first kappa shape index (κ1) is 18.2. The number of rotatable bonds is 5. The molecule has 0 radical (unpaired) electrons. The van der Waals surface area contributed by atoms with Crippen molar-refractivity contribution in [3.8, 4) is 5.75 Å². The average molecular weight is 356 g/mol. The minimum Gasteiger partial charge on any atom is -0.497 e. The van der Waals surface area contributed by atoms with Crippen LogP contribution in [0.4, 0.5) is 0 Å². The second kappa shape index (κ2) is 7.63. The Kier molecular flexibility index (Phi) is 5.79. The largest absolute Gasteiger partial charge is 0.497 e. The third kappa shape index (κ3) is 4.68. The summed E-state index contributed by atoms with van der Waals surface area (Å²) in [7, 11) is -1.72. The number of carbonyl (C=O) groups is 2. The second-order valence-corrected chi connectivity index (χ2v) is 7.33. The van der Waals surface area contributed by atoms with E-state index in [4.69, 9.17) is 9.47 Å². The van der Waals surface area contributed by atoms with Crippen molar-refractivity contribution in [2.75, 3.05) is 46.2 Å². The zero-order valence-corrected chi connectivity index (χ0v) is 14.4. The van der Waals surface area contributed by atoms with Crippen molar-refractivity contribution in [2.45, 2.75) is 0 Å². The number of esters is 1. The topological polar surface area (TPSA) is 93.2 Å². The Labute approximate surface area is 141 Å². The van der Waals surface area contributed by atoms with Crippen LogP contribution in [0.3, 0.4) is 0 Å². The molecule has 0 atom stereocenters. The summed E-state index contributed by atoms with van der Waals surface area (Å²) >= 11 is 0. The maximum Gasteiger partial charge on any atom is 0.338 e. The molecule has 0 unspecified atom stereocenters. The first-order valence-electron chi connectivity index (χ1n) is 7.35. The van der Waals surface area contributed by atoms with Gasteiger partial charge in [0.1, 0.15) is 5.75 Å². The Morgan fingerprint density at radius 1 is 1.08 bits per heavy atom. The van der Waals surface area contributed by atoms with Gasteiger partial charge in [-0.2, -0.15) is 4.31 Å². The molecule has 1 saturated heterocycles. The molecule has 1 amide bonds. The van der Waals surface area contributed by atoms with Crippen molar-refractivity contribution in [3.05, 3.63) is 29.8 Å². The Morgan fingerprint density at radius 2 is 1.67 bits per heavy atom. The maximum atomic E-state index is 12.1. The Balaban J connectivity index is 1.81. The lowest BCUT2D eigenvalue weighted by Crippen LogP contribution is -2.51. The predicted octanol–water partition coefficient (Wildman–Crippen LogP) is -0.0442. The van der Waals surface area contributed by atoms with Crippen molar-refractivity contribution < 1.29 is 27.5 Å². The fourth-order valence-corrected chi connectivity index (χ4v) is 3.12. The van der Waals surface area contributed by atoms with E-state index in [-0.39, 0.29) is 38.7 Å². The molecule has 132 valence electrons. The molecular weight excluding hydrogens is 336 g/mol. The number of piperazine rings is 1. The highest BCUT2D eigenvalue weighted by atomic mass is 32.2. The van der Waals surface area contributed by atoms with Gasteiger partial charge in [-0.05, 0) is 24.3 Å². The van der Waals surface area contributed by atoms with E-state index in [0.29, 0.717) is 11.3 Å². The molecule has 1 aromatic rings. The van der Waals surface area contributed by atoms with Crippen molar-refractivity contribution in [2.24, 2.45) is 0 Å². The molecule has 1 aromatic carbocycles. The third-order valence-electron chi connectivity index (χ3n) is 3.71. The molecular formula is C15H20N2O6S. The van der Waals surface area contributed by atoms with Gasteiger partial charge >= 0.3 is 5.97 Å². The van der Waals surface area contributed by atoms with Crippen LogP contribution in [0.15, 0.2) is 24.3 Å². The number of hydrogen-bond acceptors (Lipinski definition) is 6. The van der Waals surface area contributed by atoms with Gasteiger partial charge in [0, 0.05) is 26.2 Å². The lowest BCUT2D eigenvalue weighted by Gasteiger charge is -2.33. The van der Waals surface area contributed by atoms with E-state index in [2.05, 4.69) is 0 Å². The summed E-state index contributed by atoms with van der Waals surface area (Å²) < 4.78 is 34.2. The Morgan fingerprint density at radius 3 is 2.17 bits per heavy atom. The van der Waals surface area contributed by atoms with Crippen LogP contribution in [0.2, 0.25) is 0 Å². The van der Waals surface area contributed by atoms with Crippen molar-refractivity contribution >= 4 is 21.9 Å². The van der Waals surface area contributed by atoms with Gasteiger partial charge in [0.15, 0.2) is 6.61 Å². The first-order chi connectivity index (χ1) is 11.3. The number of sulfonamides is 1. The number of ether oxygens (including phenoxy) is 2. The Bertz CT molecular complexity index is 693. The highest BCUT2D eigenvalue weighted by Gasteiger charge is 2.26. The van der Waals surface area contributed by atoms with Crippen molar-refractivity contribution in [3.63, 3.8) is 0 Å². The van der Waals surface area contributed by atoms with Gasteiger partial charge in [0.25, 0.3) is 5.91 Å². The van der Waals surface area contributed by atoms with Crippen LogP contribution in [-0.2, 0) is 19.6 Å². The molecule has 8 nitrogen and oxygen atoms in total. The van der Waals surface area contributed by atoms with Gasteiger partial charge in [-0.1, -0.05) is 0 Å². The van der Waals surface area contributed by atoms with Gasteiger partial charge in [-0.3, -0.25) is 4.79 Å². The molecule has 0 saturated carbocycles. The van der Waals surface area contributed by atoms with E-state index < -0.39 is 16.0 Å². The van der Waals surface area contributed by atoms with E-state index in [1.165, 1.54) is 16.3 Å². The van der Waals surface area contributed by atoms with Gasteiger partial charge < -0.3 is 14.4 Å². The highest BCUT2D eigenvalue weighted by molar-refractivity contribution is 7.88. The quantitative estimate of drug-likeness (QED) is 0.687. The van der Waals surface area contributed by atoms with E-state index in [1.807, 2.05) is 0 Å². The highest BCUT2D eigenvalue weighted by Crippen LogP contribution is 2.12. The first-order valence-corrected chi connectivity index (χ1v) is 9.20. The van der Waals surface area contributed by atoms with Gasteiger partial charge in [0.05, 0.1) is 18.9 Å². The van der Waals surface area contributed by atoms with Gasteiger partial charge in [0.2, 0.25) is 10.0 Å². The summed E-state index contributed by atoms with van der Waals surface area (Å²) in [5, 5.41) is 0. The minimum atomic E-state index is -3.24. The molecule has 1 aliphatic heterocycles. The monoisotopic (exact) mass is 356 g/mol. The summed E-state index contributed by atoms with van der Waals surface area (Å²) in [5.41, 5.74) is 0.325. The zero-order chi connectivity index (χ0) is 17.7. The number of methoxy groups -OCH3 is 1. The smallest absolute Gasteiger partial charge is 0.338 e. The van der Waals surface area contributed by atoms with Crippen LogP contribution < -0.4 is 4.74 Å². The molecule has 1 aliphatic rings. The molecule has 1 fully saturated rings. The molecule has 0 spiro atoms. The minimum absolute atomic E-state index is 0.247. The zero-order valence-electron chi connectivity index (χ0n) is 13.6. The lowest BCUT2D eigenvalue weighted by atomic mass is 10.2. The normalized spacial score (nSPS) is 15.8. The summed E-state index contributed by atoms with van der Waals surface area (Å²) in [4.78, 5) is 25.4. The number of amides is 1. The molecule has 2 rings (SSSR count). The van der Waals surface area contributed by atoms with Crippen LogP contribution in [0, 0.1) is 0 Å². The Hall–Kier alpha value is -2.13. The summed E-state index contributed by atoms with van der Waals surface area (Å²) in [6, 6.07) is 6.36. The van der Waals surface area contributed by atoms with Crippen LogP contribution in [0.25, 0.3) is 0 Å². The third-order valence-corrected chi connectivity index (χ3v) is 5.02. The lowest BCUT2D eigenvalue weighted by molar-refractivity contribution is -0.135. The average Bonchev–Trinajstić information content (AvgIpc) is 2.58.